The Hall–Kier alpha value is -4.28. The normalized spacial score (nSPS) is 10.6. The van der Waals surface area contributed by atoms with E-state index in [1.165, 1.54) is 32.5 Å². The van der Waals surface area contributed by atoms with Gasteiger partial charge in [0.2, 0.25) is 11.8 Å². The standard InChI is InChI=1S/2C17H19NO3S/c1-11(2)9-15(19)18(3)13-10-14(22-16(13)17(20)21)12-7-5-4-6-8-12;1-3-4-10-15(19)18(2)13-11-14(22-16(13)17(20)21)12-8-6-5-7-9-12/h4-8,10-11H,9H2,1-3H3,(H,20,21);5-9,11H,3-4,10H2,1-2H3,(H,20,21). The molecule has 0 aliphatic heterocycles. The SMILES string of the molecule is CC(C)CC(=O)N(C)c1cc(-c2ccccc2)sc1C(=O)O.CCCCC(=O)N(C)c1cc(-c2ccccc2)sc1C(=O)O. The molecule has 0 saturated heterocycles. The summed E-state index contributed by atoms with van der Waals surface area (Å²) < 4.78 is 0. The summed E-state index contributed by atoms with van der Waals surface area (Å²) in [6.07, 6.45) is 2.57. The highest BCUT2D eigenvalue weighted by molar-refractivity contribution is 7.18. The van der Waals surface area contributed by atoms with Crippen molar-refractivity contribution in [3.05, 3.63) is 82.6 Å². The van der Waals surface area contributed by atoms with Crippen molar-refractivity contribution >= 4 is 57.8 Å². The molecular formula is C34H38N2O6S2. The van der Waals surface area contributed by atoms with Crippen molar-refractivity contribution in [3.63, 3.8) is 0 Å². The minimum Gasteiger partial charge on any atom is -0.477 e. The molecule has 2 aromatic heterocycles. The number of amides is 2. The molecule has 0 saturated carbocycles. The van der Waals surface area contributed by atoms with E-state index in [9.17, 15) is 29.4 Å². The molecule has 4 rings (SSSR count). The molecule has 10 heteroatoms. The predicted octanol–water partition coefficient (Wildman–Crippen LogP) is 8.39. The van der Waals surface area contributed by atoms with Crippen LogP contribution in [0.5, 0.6) is 0 Å². The van der Waals surface area contributed by atoms with Gasteiger partial charge in [0.25, 0.3) is 0 Å². The van der Waals surface area contributed by atoms with Crippen molar-refractivity contribution in [2.24, 2.45) is 5.92 Å². The van der Waals surface area contributed by atoms with Crippen molar-refractivity contribution in [2.75, 3.05) is 23.9 Å². The third kappa shape index (κ3) is 8.87. The van der Waals surface area contributed by atoms with Gasteiger partial charge in [0.05, 0.1) is 11.4 Å². The van der Waals surface area contributed by atoms with Crippen LogP contribution in [-0.2, 0) is 9.59 Å². The second-order valence-corrected chi connectivity index (χ2v) is 12.7. The summed E-state index contributed by atoms with van der Waals surface area (Å²) in [6.45, 7) is 5.95. The lowest BCUT2D eigenvalue weighted by Crippen LogP contribution is -2.28. The van der Waals surface area contributed by atoms with Crippen LogP contribution in [0.3, 0.4) is 0 Å². The van der Waals surface area contributed by atoms with Crippen LogP contribution in [0.1, 0.15) is 65.8 Å². The first-order chi connectivity index (χ1) is 20.9. The number of nitrogens with zero attached hydrogens (tertiary/aromatic N) is 2. The predicted molar refractivity (Wildman–Crippen MR) is 179 cm³/mol. The van der Waals surface area contributed by atoms with Crippen LogP contribution >= 0.6 is 22.7 Å². The number of hydrogen-bond donors (Lipinski definition) is 2. The number of carboxylic acids is 2. The zero-order chi connectivity index (χ0) is 32.4. The minimum absolute atomic E-state index is 0.0539. The Balaban J connectivity index is 0.000000240. The van der Waals surface area contributed by atoms with Crippen molar-refractivity contribution in [1.82, 2.24) is 0 Å². The Morgan fingerprint density at radius 1 is 0.705 bits per heavy atom. The molecule has 2 aromatic carbocycles. The van der Waals surface area contributed by atoms with E-state index in [1.807, 2.05) is 81.4 Å². The van der Waals surface area contributed by atoms with Crippen LogP contribution in [0.25, 0.3) is 20.9 Å². The van der Waals surface area contributed by atoms with Crippen LogP contribution in [0.2, 0.25) is 0 Å². The first-order valence-electron chi connectivity index (χ1n) is 14.3. The molecule has 2 heterocycles. The van der Waals surface area contributed by atoms with Crippen molar-refractivity contribution in [3.8, 4) is 20.9 Å². The van der Waals surface area contributed by atoms with Crippen LogP contribution in [0.15, 0.2) is 72.8 Å². The number of rotatable bonds is 11. The monoisotopic (exact) mass is 634 g/mol. The second kappa shape index (κ2) is 16.0. The fraction of sp³-hybridized carbons (Fsp3) is 0.294. The van der Waals surface area contributed by atoms with Crippen LogP contribution in [0.4, 0.5) is 11.4 Å². The van der Waals surface area contributed by atoms with E-state index in [4.69, 9.17) is 0 Å². The molecule has 0 bridgehead atoms. The van der Waals surface area contributed by atoms with Crippen LogP contribution in [-0.4, -0.2) is 48.1 Å². The lowest BCUT2D eigenvalue weighted by molar-refractivity contribution is -0.119. The smallest absolute Gasteiger partial charge is 0.348 e. The van der Waals surface area contributed by atoms with Gasteiger partial charge in [-0.2, -0.15) is 0 Å². The van der Waals surface area contributed by atoms with Gasteiger partial charge in [-0.05, 0) is 35.6 Å². The molecule has 2 N–H and O–H groups in total. The number of carbonyl (C=O) groups excluding carboxylic acids is 2. The number of anilines is 2. The van der Waals surface area contributed by atoms with E-state index < -0.39 is 11.9 Å². The van der Waals surface area contributed by atoms with Crippen molar-refractivity contribution in [2.45, 2.75) is 46.5 Å². The van der Waals surface area contributed by atoms with Gasteiger partial charge in [-0.25, -0.2) is 9.59 Å². The fourth-order valence-electron chi connectivity index (χ4n) is 4.31. The summed E-state index contributed by atoms with van der Waals surface area (Å²) in [5, 5.41) is 18.8. The van der Waals surface area contributed by atoms with Crippen molar-refractivity contribution < 1.29 is 29.4 Å². The summed E-state index contributed by atoms with van der Waals surface area (Å²) in [7, 11) is 3.27. The van der Waals surface area contributed by atoms with Gasteiger partial charge in [0.15, 0.2) is 0 Å². The number of benzene rings is 2. The third-order valence-electron chi connectivity index (χ3n) is 6.73. The lowest BCUT2D eigenvalue weighted by atomic mass is 10.1. The molecule has 2 amide bonds. The highest BCUT2D eigenvalue weighted by Crippen LogP contribution is 2.38. The third-order valence-corrected chi connectivity index (χ3v) is 9.05. The molecule has 0 atom stereocenters. The van der Waals surface area contributed by atoms with Gasteiger partial charge < -0.3 is 20.0 Å². The number of carboxylic acid groups (broad SMARTS) is 2. The number of unbranched alkanes of at least 4 members (excludes halogenated alkanes) is 1. The number of thiophene rings is 2. The van der Waals surface area contributed by atoms with E-state index in [0.29, 0.717) is 24.2 Å². The zero-order valence-corrected chi connectivity index (χ0v) is 27.2. The highest BCUT2D eigenvalue weighted by atomic mass is 32.1. The summed E-state index contributed by atoms with van der Waals surface area (Å²) in [5.74, 6) is -1.91. The van der Waals surface area contributed by atoms with Gasteiger partial charge in [-0.3, -0.25) is 9.59 Å². The molecule has 0 fully saturated rings. The van der Waals surface area contributed by atoms with Crippen LogP contribution in [0, 0.1) is 5.92 Å². The highest BCUT2D eigenvalue weighted by Gasteiger charge is 2.24. The van der Waals surface area contributed by atoms with Gasteiger partial charge in [0.1, 0.15) is 9.75 Å². The van der Waals surface area contributed by atoms with E-state index in [-0.39, 0.29) is 27.5 Å². The van der Waals surface area contributed by atoms with Gasteiger partial charge in [-0.15, -0.1) is 22.7 Å². The Bertz CT molecular complexity index is 1580. The fourth-order valence-corrected chi connectivity index (χ4v) is 6.37. The minimum atomic E-state index is -1.01. The maximum atomic E-state index is 12.2. The van der Waals surface area contributed by atoms with E-state index in [1.54, 1.807) is 26.2 Å². The average molecular weight is 635 g/mol. The Morgan fingerprint density at radius 2 is 1.11 bits per heavy atom. The molecule has 232 valence electrons. The molecule has 0 aliphatic carbocycles. The Kier molecular flexibility index (Phi) is 12.4. The van der Waals surface area contributed by atoms with Crippen LogP contribution < -0.4 is 9.80 Å². The van der Waals surface area contributed by atoms with Gasteiger partial charge in [-0.1, -0.05) is 87.9 Å². The lowest BCUT2D eigenvalue weighted by Gasteiger charge is -2.17. The molecule has 0 radical (unpaired) electrons. The summed E-state index contributed by atoms with van der Waals surface area (Å²) in [4.78, 5) is 52.3. The van der Waals surface area contributed by atoms with E-state index >= 15 is 0 Å². The number of carbonyl (C=O) groups is 4. The maximum absolute atomic E-state index is 12.2. The molecule has 0 unspecified atom stereocenters. The zero-order valence-electron chi connectivity index (χ0n) is 25.6. The van der Waals surface area contributed by atoms with Crippen molar-refractivity contribution in [1.29, 1.82) is 0 Å². The maximum Gasteiger partial charge on any atom is 0.348 e. The topological polar surface area (TPSA) is 115 Å². The molecule has 8 nitrogen and oxygen atoms in total. The molecular weight excluding hydrogens is 597 g/mol. The Labute approximate surface area is 266 Å². The van der Waals surface area contributed by atoms with Gasteiger partial charge >= 0.3 is 11.9 Å². The molecule has 0 aliphatic rings. The summed E-state index contributed by atoms with van der Waals surface area (Å²) >= 11 is 2.39. The summed E-state index contributed by atoms with van der Waals surface area (Å²) in [5.41, 5.74) is 2.83. The van der Waals surface area contributed by atoms with E-state index in [0.717, 1.165) is 33.7 Å². The first kappa shape index (κ1) is 34.2. The average Bonchev–Trinajstić information content (AvgIpc) is 3.66. The Morgan fingerprint density at radius 3 is 1.48 bits per heavy atom. The number of aromatic carboxylic acids is 2. The van der Waals surface area contributed by atoms with E-state index in [2.05, 4.69) is 0 Å². The first-order valence-corrected chi connectivity index (χ1v) is 16.0. The van der Waals surface area contributed by atoms with Gasteiger partial charge in [0, 0.05) is 36.7 Å². The molecule has 4 aromatic rings. The second-order valence-electron chi connectivity index (χ2n) is 10.6. The quantitative estimate of drug-likeness (QED) is 0.171. The molecule has 0 spiro atoms. The molecule has 44 heavy (non-hydrogen) atoms. The summed E-state index contributed by atoms with van der Waals surface area (Å²) in [6, 6.07) is 22.7. The largest absolute Gasteiger partial charge is 0.477 e. The number of hydrogen-bond acceptors (Lipinski definition) is 6.